The molecular formula is C28H27N5O3. The van der Waals surface area contributed by atoms with Crippen molar-refractivity contribution in [3.63, 3.8) is 0 Å². The molecule has 0 spiro atoms. The first kappa shape index (κ1) is 23.2. The molecule has 0 aliphatic carbocycles. The molecule has 3 N–H and O–H groups in total. The van der Waals surface area contributed by atoms with Gasteiger partial charge in [0.25, 0.3) is 5.91 Å². The molecule has 2 heterocycles. The number of hydrazine groups is 1. The number of nitrogens with one attached hydrogen (secondary N) is 3. The lowest BCUT2D eigenvalue weighted by Crippen LogP contribution is -2.43. The molecule has 0 radical (unpaired) electrons. The zero-order valence-corrected chi connectivity index (χ0v) is 20.0. The topological polar surface area (TPSA) is 97.2 Å². The summed E-state index contributed by atoms with van der Waals surface area (Å²) in [6.07, 6.45) is 1.78. The van der Waals surface area contributed by atoms with Crippen LogP contribution in [0.15, 0.2) is 79.0 Å². The van der Waals surface area contributed by atoms with E-state index in [0.717, 1.165) is 39.3 Å². The van der Waals surface area contributed by atoms with Crippen LogP contribution in [0.2, 0.25) is 0 Å². The van der Waals surface area contributed by atoms with E-state index in [0.29, 0.717) is 5.69 Å². The number of fused-ring (bicyclic) bond motifs is 4. The third kappa shape index (κ3) is 4.65. The fourth-order valence-electron chi connectivity index (χ4n) is 4.60. The van der Waals surface area contributed by atoms with Crippen LogP contribution in [-0.2, 0) is 27.5 Å². The molecule has 0 saturated heterocycles. The van der Waals surface area contributed by atoms with E-state index in [4.69, 9.17) is 0 Å². The molecule has 0 aliphatic heterocycles. The molecule has 0 atom stereocenters. The zero-order chi connectivity index (χ0) is 25.1. The van der Waals surface area contributed by atoms with E-state index in [1.807, 2.05) is 66.9 Å². The molecule has 0 unspecified atom stereocenters. The van der Waals surface area contributed by atoms with Crippen LogP contribution in [0.4, 0.5) is 5.69 Å². The number of para-hydroxylation sites is 2. The second-order valence-corrected chi connectivity index (χ2v) is 8.64. The molecule has 8 nitrogen and oxygen atoms in total. The Balaban J connectivity index is 1.13. The van der Waals surface area contributed by atoms with Crippen molar-refractivity contribution < 1.29 is 14.4 Å². The molecule has 8 heteroatoms. The van der Waals surface area contributed by atoms with Gasteiger partial charge in [-0.15, -0.1) is 0 Å². The van der Waals surface area contributed by atoms with E-state index < -0.39 is 5.91 Å². The first-order valence-electron chi connectivity index (χ1n) is 12.0. The van der Waals surface area contributed by atoms with Crippen LogP contribution in [0.5, 0.6) is 0 Å². The number of carbonyl (C=O) groups excluding carboxylic acids is 3. The molecule has 36 heavy (non-hydrogen) atoms. The molecule has 3 amide bonds. The van der Waals surface area contributed by atoms with Gasteiger partial charge in [0.15, 0.2) is 0 Å². The first-order valence-corrected chi connectivity index (χ1v) is 12.0. The van der Waals surface area contributed by atoms with Crippen LogP contribution in [0.1, 0.15) is 19.8 Å². The lowest BCUT2D eigenvalue weighted by atomic mass is 10.1. The molecule has 5 aromatic rings. The van der Waals surface area contributed by atoms with Crippen LogP contribution in [0.3, 0.4) is 0 Å². The number of hydrogen-bond donors (Lipinski definition) is 3. The second-order valence-electron chi connectivity index (χ2n) is 8.64. The smallest absolute Gasteiger partial charge is 0.258 e. The van der Waals surface area contributed by atoms with Crippen molar-refractivity contribution >= 4 is 56.1 Å². The van der Waals surface area contributed by atoms with Gasteiger partial charge in [0.05, 0.1) is 0 Å². The molecule has 0 bridgehead atoms. The number of aromatic nitrogens is 2. The molecule has 2 aromatic heterocycles. The van der Waals surface area contributed by atoms with E-state index >= 15 is 0 Å². The van der Waals surface area contributed by atoms with Gasteiger partial charge in [0, 0.05) is 58.6 Å². The minimum atomic E-state index is -0.433. The van der Waals surface area contributed by atoms with Gasteiger partial charge >= 0.3 is 0 Å². The summed E-state index contributed by atoms with van der Waals surface area (Å²) in [5.41, 5.74) is 8.68. The maximum atomic E-state index is 12.5. The number of rotatable bonds is 7. The van der Waals surface area contributed by atoms with Crippen LogP contribution in [-0.4, -0.2) is 26.9 Å². The maximum absolute atomic E-state index is 12.5. The highest BCUT2D eigenvalue weighted by atomic mass is 16.2. The van der Waals surface area contributed by atoms with Crippen molar-refractivity contribution in [2.45, 2.75) is 32.9 Å². The predicted octanol–water partition coefficient (Wildman–Crippen LogP) is 4.34. The fourth-order valence-corrected chi connectivity index (χ4v) is 4.60. The minimum absolute atomic E-state index is 0.00129. The molecular weight excluding hydrogens is 454 g/mol. The Hall–Kier alpha value is -4.59. The quantitative estimate of drug-likeness (QED) is 0.302. The number of carbonyl (C=O) groups is 3. The Morgan fingerprint density at radius 3 is 2.25 bits per heavy atom. The third-order valence-electron chi connectivity index (χ3n) is 6.29. The second kappa shape index (κ2) is 9.95. The summed E-state index contributed by atoms with van der Waals surface area (Å²) in [7, 11) is 0. The van der Waals surface area contributed by atoms with Crippen molar-refractivity contribution in [1.82, 2.24) is 20.0 Å². The maximum Gasteiger partial charge on any atom is 0.258 e. The van der Waals surface area contributed by atoms with Crippen molar-refractivity contribution in [3.8, 4) is 0 Å². The highest BCUT2D eigenvalue weighted by Crippen LogP contribution is 2.31. The Morgan fingerprint density at radius 2 is 1.42 bits per heavy atom. The Morgan fingerprint density at radius 1 is 0.722 bits per heavy atom. The normalized spacial score (nSPS) is 11.1. The summed E-state index contributed by atoms with van der Waals surface area (Å²) in [4.78, 5) is 36.9. The van der Waals surface area contributed by atoms with Gasteiger partial charge in [-0.05, 0) is 48.7 Å². The summed E-state index contributed by atoms with van der Waals surface area (Å²) in [6, 6.07) is 23.7. The van der Waals surface area contributed by atoms with Crippen LogP contribution in [0.25, 0.3) is 32.7 Å². The highest BCUT2D eigenvalue weighted by molar-refractivity contribution is 6.09. The van der Waals surface area contributed by atoms with Crippen molar-refractivity contribution in [2.24, 2.45) is 0 Å². The zero-order valence-electron chi connectivity index (χ0n) is 20.0. The SMILES string of the molecule is CCn1c2ccccc2c2cc(NC(=O)CCC(=O)NNC(=O)Cn3ccc4ccccc43)ccc21. The average molecular weight is 482 g/mol. The van der Waals surface area contributed by atoms with E-state index in [-0.39, 0.29) is 31.2 Å². The first-order chi connectivity index (χ1) is 17.5. The van der Waals surface area contributed by atoms with Gasteiger partial charge < -0.3 is 14.5 Å². The van der Waals surface area contributed by atoms with E-state index in [1.54, 1.807) is 4.57 Å². The molecule has 182 valence electrons. The Bertz CT molecular complexity index is 1600. The van der Waals surface area contributed by atoms with E-state index in [1.165, 1.54) is 0 Å². The van der Waals surface area contributed by atoms with Crippen molar-refractivity contribution in [1.29, 1.82) is 0 Å². The third-order valence-corrected chi connectivity index (χ3v) is 6.29. The van der Waals surface area contributed by atoms with Gasteiger partial charge in [-0.1, -0.05) is 36.4 Å². The number of anilines is 1. The largest absolute Gasteiger partial charge is 0.341 e. The summed E-state index contributed by atoms with van der Waals surface area (Å²) in [5.74, 6) is -1.06. The van der Waals surface area contributed by atoms with Crippen molar-refractivity contribution in [2.75, 3.05) is 5.32 Å². The molecule has 0 aliphatic rings. The molecule has 5 rings (SSSR count). The number of nitrogens with zero attached hydrogens (tertiary/aromatic N) is 2. The molecule has 0 saturated carbocycles. The van der Waals surface area contributed by atoms with E-state index in [2.05, 4.69) is 39.8 Å². The number of aryl methyl sites for hydroxylation is 1. The average Bonchev–Trinajstić information content (AvgIpc) is 3.44. The van der Waals surface area contributed by atoms with Gasteiger partial charge in [-0.3, -0.25) is 25.2 Å². The van der Waals surface area contributed by atoms with Gasteiger partial charge in [-0.25, -0.2) is 0 Å². The molecule has 3 aromatic carbocycles. The molecule has 0 fully saturated rings. The monoisotopic (exact) mass is 481 g/mol. The lowest BCUT2D eigenvalue weighted by Gasteiger charge is -2.09. The summed E-state index contributed by atoms with van der Waals surface area (Å²) < 4.78 is 4.05. The Labute approximate surface area is 207 Å². The fraction of sp³-hybridized carbons (Fsp3) is 0.179. The summed E-state index contributed by atoms with van der Waals surface area (Å²) in [6.45, 7) is 3.03. The number of benzene rings is 3. The van der Waals surface area contributed by atoms with Gasteiger partial charge in [-0.2, -0.15) is 0 Å². The van der Waals surface area contributed by atoms with Crippen LogP contribution in [0, 0.1) is 0 Å². The van der Waals surface area contributed by atoms with Crippen LogP contribution < -0.4 is 16.2 Å². The summed E-state index contributed by atoms with van der Waals surface area (Å²) >= 11 is 0. The lowest BCUT2D eigenvalue weighted by molar-refractivity contribution is -0.129. The summed E-state index contributed by atoms with van der Waals surface area (Å²) in [5, 5.41) is 6.12. The number of amides is 3. The standard InChI is InChI=1S/C28H27N5O3/c1-2-33-24-10-6-4-8-21(24)22-17-20(11-12-25(22)33)29-26(34)13-14-27(35)30-31-28(36)18-32-16-15-19-7-3-5-9-23(19)32/h3-12,15-17H,2,13-14,18H2,1H3,(H,29,34)(H,30,35)(H,31,36). The van der Waals surface area contributed by atoms with Crippen LogP contribution >= 0.6 is 0 Å². The number of hydrogen-bond acceptors (Lipinski definition) is 3. The van der Waals surface area contributed by atoms with Crippen molar-refractivity contribution in [3.05, 3.63) is 79.0 Å². The minimum Gasteiger partial charge on any atom is -0.341 e. The Kier molecular flexibility index (Phi) is 6.40. The van der Waals surface area contributed by atoms with Gasteiger partial charge in [0.1, 0.15) is 6.54 Å². The van der Waals surface area contributed by atoms with E-state index in [9.17, 15) is 14.4 Å². The predicted molar refractivity (Wildman–Crippen MR) is 141 cm³/mol. The highest BCUT2D eigenvalue weighted by Gasteiger charge is 2.13. The van der Waals surface area contributed by atoms with Gasteiger partial charge in [0.2, 0.25) is 11.8 Å².